The zero-order chi connectivity index (χ0) is 13.8. The second-order valence-electron chi connectivity index (χ2n) is 3.28. The Balaban J connectivity index is 1.94. The van der Waals surface area contributed by atoms with Crippen LogP contribution in [0.3, 0.4) is 0 Å². The minimum absolute atomic E-state index is 0.266. The molecule has 0 spiro atoms. The molecule has 0 aliphatic carbocycles. The van der Waals surface area contributed by atoms with Crippen LogP contribution >= 0.6 is 11.3 Å². The lowest BCUT2D eigenvalue weighted by Crippen LogP contribution is -2.41. The summed E-state index contributed by atoms with van der Waals surface area (Å²) in [6.45, 7) is 0. The Morgan fingerprint density at radius 2 is 1.95 bits per heavy atom. The van der Waals surface area contributed by atoms with Gasteiger partial charge in [0, 0.05) is 0 Å². The van der Waals surface area contributed by atoms with E-state index in [-0.39, 0.29) is 5.76 Å². The molecular weight excluding hydrogens is 274 g/mol. The third kappa shape index (κ3) is 2.96. The molecule has 0 saturated heterocycles. The topological polar surface area (TPSA) is 114 Å². The molecule has 0 saturated carbocycles. The summed E-state index contributed by atoms with van der Waals surface area (Å²) in [5.41, 5.74) is 4.25. The Kier molecular flexibility index (Phi) is 3.57. The van der Waals surface area contributed by atoms with E-state index < -0.39 is 22.6 Å². The summed E-state index contributed by atoms with van der Waals surface area (Å²) in [6.07, 6.45) is 0. The van der Waals surface area contributed by atoms with Crippen LogP contribution in [-0.2, 0) is 0 Å². The van der Waals surface area contributed by atoms with Gasteiger partial charge in [0.05, 0.1) is 10.9 Å². The Morgan fingerprint density at radius 3 is 2.53 bits per heavy atom. The quantitative estimate of drug-likeness (QED) is 0.650. The fourth-order valence-corrected chi connectivity index (χ4v) is 1.81. The SMILES string of the molecule is O=C(NNC(=O)c1cccs1)c1ccc([N+](=O)[O-])o1. The summed E-state index contributed by atoms with van der Waals surface area (Å²) in [7, 11) is 0. The Morgan fingerprint density at radius 1 is 1.21 bits per heavy atom. The van der Waals surface area contributed by atoms with Crippen molar-refractivity contribution in [2.75, 3.05) is 0 Å². The number of carbonyl (C=O) groups excluding carboxylic acids is 2. The third-order valence-electron chi connectivity index (χ3n) is 2.03. The molecule has 19 heavy (non-hydrogen) atoms. The number of hydrazine groups is 1. The maximum atomic E-state index is 11.5. The van der Waals surface area contributed by atoms with Crippen molar-refractivity contribution in [1.82, 2.24) is 10.9 Å². The molecule has 0 bridgehead atoms. The summed E-state index contributed by atoms with van der Waals surface area (Å²) in [6, 6.07) is 5.47. The number of carbonyl (C=O) groups is 2. The summed E-state index contributed by atoms with van der Waals surface area (Å²) >= 11 is 1.21. The van der Waals surface area contributed by atoms with E-state index in [2.05, 4.69) is 15.3 Å². The molecule has 0 radical (unpaired) electrons. The van der Waals surface area contributed by atoms with Crippen LogP contribution in [0.2, 0.25) is 0 Å². The molecule has 2 rings (SSSR count). The molecule has 98 valence electrons. The molecular formula is C10H7N3O5S. The first kappa shape index (κ1) is 12.8. The van der Waals surface area contributed by atoms with Gasteiger partial charge in [0.2, 0.25) is 5.76 Å². The van der Waals surface area contributed by atoms with Gasteiger partial charge < -0.3 is 4.42 Å². The molecule has 8 nitrogen and oxygen atoms in total. The molecule has 9 heteroatoms. The second kappa shape index (κ2) is 5.31. The summed E-state index contributed by atoms with van der Waals surface area (Å²) < 4.78 is 4.67. The van der Waals surface area contributed by atoms with Crippen LogP contribution in [-0.4, -0.2) is 16.7 Å². The highest BCUT2D eigenvalue weighted by Gasteiger charge is 2.17. The molecule has 2 heterocycles. The van der Waals surface area contributed by atoms with Crippen molar-refractivity contribution in [1.29, 1.82) is 0 Å². The highest BCUT2D eigenvalue weighted by Crippen LogP contribution is 2.15. The summed E-state index contributed by atoms with van der Waals surface area (Å²) in [4.78, 5) is 33.0. The average molecular weight is 281 g/mol. The van der Waals surface area contributed by atoms with Gasteiger partial charge in [-0.2, -0.15) is 0 Å². The normalized spacial score (nSPS) is 9.89. The number of furan rings is 1. The van der Waals surface area contributed by atoms with Crippen LogP contribution in [0.25, 0.3) is 0 Å². The van der Waals surface area contributed by atoms with E-state index >= 15 is 0 Å². The van der Waals surface area contributed by atoms with E-state index in [1.807, 2.05) is 0 Å². The first-order valence-electron chi connectivity index (χ1n) is 4.96. The van der Waals surface area contributed by atoms with Gasteiger partial charge in [0.15, 0.2) is 0 Å². The molecule has 0 fully saturated rings. The van der Waals surface area contributed by atoms with Crippen molar-refractivity contribution in [3.8, 4) is 0 Å². The standard InChI is InChI=1S/C10H7N3O5S/c14-9(6-3-4-8(18-6)13(16)17)11-12-10(15)7-2-1-5-19-7/h1-5H,(H,11,14)(H,12,15). The predicted octanol–water partition coefficient (Wildman–Crippen LogP) is 1.32. The van der Waals surface area contributed by atoms with Crippen LogP contribution in [0.5, 0.6) is 0 Å². The summed E-state index contributed by atoms with van der Waals surface area (Å²) in [5, 5.41) is 12.1. The minimum Gasteiger partial charge on any atom is -0.395 e. The van der Waals surface area contributed by atoms with Gasteiger partial charge in [-0.05, 0) is 17.5 Å². The van der Waals surface area contributed by atoms with E-state index in [9.17, 15) is 19.7 Å². The fraction of sp³-hybridized carbons (Fsp3) is 0. The molecule has 0 aromatic carbocycles. The molecule has 2 N–H and O–H groups in total. The zero-order valence-electron chi connectivity index (χ0n) is 9.28. The lowest BCUT2D eigenvalue weighted by Gasteiger charge is -2.03. The average Bonchev–Trinajstić information content (AvgIpc) is 3.05. The summed E-state index contributed by atoms with van der Waals surface area (Å²) in [5.74, 6) is -2.07. The number of hydrogen-bond acceptors (Lipinski definition) is 6. The zero-order valence-corrected chi connectivity index (χ0v) is 10.1. The van der Waals surface area contributed by atoms with Gasteiger partial charge >= 0.3 is 11.8 Å². The van der Waals surface area contributed by atoms with Crippen molar-refractivity contribution >= 4 is 29.0 Å². The number of thiophene rings is 1. The largest absolute Gasteiger partial charge is 0.433 e. The van der Waals surface area contributed by atoms with Crippen LogP contribution in [0.1, 0.15) is 20.2 Å². The maximum absolute atomic E-state index is 11.5. The van der Waals surface area contributed by atoms with E-state index in [0.717, 1.165) is 12.1 Å². The molecule has 0 aliphatic rings. The fourth-order valence-electron chi connectivity index (χ4n) is 1.19. The maximum Gasteiger partial charge on any atom is 0.433 e. The number of rotatable bonds is 3. The molecule has 2 amide bonds. The van der Waals surface area contributed by atoms with Crippen LogP contribution in [0.4, 0.5) is 5.88 Å². The van der Waals surface area contributed by atoms with Crippen LogP contribution in [0.15, 0.2) is 34.1 Å². The molecule has 2 aromatic heterocycles. The van der Waals surface area contributed by atoms with Gasteiger partial charge in [0.1, 0.15) is 4.92 Å². The molecule has 0 atom stereocenters. The Bertz CT molecular complexity index is 619. The van der Waals surface area contributed by atoms with Crippen molar-refractivity contribution < 1.29 is 18.9 Å². The smallest absolute Gasteiger partial charge is 0.395 e. The van der Waals surface area contributed by atoms with Gasteiger partial charge in [-0.3, -0.25) is 30.6 Å². The van der Waals surface area contributed by atoms with E-state index in [4.69, 9.17) is 0 Å². The van der Waals surface area contributed by atoms with Crippen LogP contribution in [0, 0.1) is 10.1 Å². The Hall–Kier alpha value is -2.68. The lowest BCUT2D eigenvalue weighted by molar-refractivity contribution is -0.402. The molecule has 0 unspecified atom stereocenters. The number of nitrogens with one attached hydrogen (secondary N) is 2. The minimum atomic E-state index is -0.780. The van der Waals surface area contributed by atoms with E-state index in [1.54, 1.807) is 17.5 Å². The van der Waals surface area contributed by atoms with Crippen molar-refractivity contribution in [3.63, 3.8) is 0 Å². The number of hydrogen-bond donors (Lipinski definition) is 2. The first-order valence-corrected chi connectivity index (χ1v) is 5.84. The van der Waals surface area contributed by atoms with Crippen molar-refractivity contribution in [2.24, 2.45) is 0 Å². The van der Waals surface area contributed by atoms with Crippen molar-refractivity contribution in [2.45, 2.75) is 0 Å². The number of nitrogens with zero attached hydrogens (tertiary/aromatic N) is 1. The van der Waals surface area contributed by atoms with Gasteiger partial charge in [-0.15, -0.1) is 11.3 Å². The Labute approximate surface area is 110 Å². The molecule has 2 aromatic rings. The van der Waals surface area contributed by atoms with Gasteiger partial charge in [-0.1, -0.05) is 6.07 Å². The second-order valence-corrected chi connectivity index (χ2v) is 4.23. The van der Waals surface area contributed by atoms with Gasteiger partial charge in [0.25, 0.3) is 5.91 Å². The van der Waals surface area contributed by atoms with Crippen LogP contribution < -0.4 is 10.9 Å². The highest BCUT2D eigenvalue weighted by molar-refractivity contribution is 7.12. The monoisotopic (exact) mass is 281 g/mol. The number of nitro groups is 1. The van der Waals surface area contributed by atoms with E-state index in [1.165, 1.54) is 11.3 Å². The third-order valence-corrected chi connectivity index (χ3v) is 2.90. The molecule has 0 aliphatic heterocycles. The first-order chi connectivity index (χ1) is 9.08. The number of amides is 2. The van der Waals surface area contributed by atoms with E-state index in [0.29, 0.717) is 4.88 Å². The highest BCUT2D eigenvalue weighted by atomic mass is 32.1. The lowest BCUT2D eigenvalue weighted by atomic mass is 10.4. The van der Waals surface area contributed by atoms with Crippen molar-refractivity contribution in [3.05, 3.63) is 50.4 Å². The predicted molar refractivity (Wildman–Crippen MR) is 64.6 cm³/mol. The van der Waals surface area contributed by atoms with Gasteiger partial charge in [-0.25, -0.2) is 0 Å².